The molecule has 0 unspecified atom stereocenters. The average Bonchev–Trinajstić information content (AvgIpc) is 3.12. The van der Waals surface area contributed by atoms with Crippen molar-refractivity contribution in [2.24, 2.45) is 0 Å². The lowest BCUT2D eigenvalue weighted by atomic mass is 10.3. The second kappa shape index (κ2) is 6.42. The van der Waals surface area contributed by atoms with E-state index in [0.717, 1.165) is 0 Å². The van der Waals surface area contributed by atoms with Crippen LogP contribution in [0.5, 0.6) is 11.5 Å². The zero-order chi connectivity index (χ0) is 15.4. The van der Waals surface area contributed by atoms with Crippen LogP contribution in [0, 0.1) is 0 Å². The summed E-state index contributed by atoms with van der Waals surface area (Å²) in [6.07, 6.45) is -1.38. The Balaban J connectivity index is 1.42. The summed E-state index contributed by atoms with van der Waals surface area (Å²) in [6.45, 7) is 1.49. The number of hydrogen-bond acceptors (Lipinski definition) is 6. The zero-order valence-electron chi connectivity index (χ0n) is 11.7. The summed E-state index contributed by atoms with van der Waals surface area (Å²) < 4.78 is 21.0. The maximum Gasteiger partial charge on any atom is 0.407 e. The highest BCUT2D eigenvalue weighted by Crippen LogP contribution is 2.18. The van der Waals surface area contributed by atoms with E-state index in [-0.39, 0.29) is 12.2 Å². The van der Waals surface area contributed by atoms with Gasteiger partial charge in [0.1, 0.15) is 24.7 Å². The Labute approximate surface area is 126 Å². The van der Waals surface area contributed by atoms with Crippen molar-refractivity contribution in [2.45, 2.75) is 12.2 Å². The molecule has 8 heteroatoms. The Bertz CT molecular complexity index is 498. The van der Waals surface area contributed by atoms with E-state index in [0.29, 0.717) is 37.8 Å². The molecule has 1 aromatic carbocycles. The topological polar surface area (TPSA) is 95.1 Å². The van der Waals surface area contributed by atoms with Gasteiger partial charge in [-0.05, 0) is 24.3 Å². The van der Waals surface area contributed by atoms with E-state index in [1.165, 1.54) is 0 Å². The van der Waals surface area contributed by atoms with E-state index < -0.39 is 12.2 Å². The predicted octanol–water partition coefficient (Wildman–Crippen LogP) is 0.661. The van der Waals surface area contributed by atoms with E-state index in [4.69, 9.17) is 18.9 Å². The molecule has 8 nitrogen and oxygen atoms in total. The number of nitrogens with one attached hydrogen (secondary N) is 2. The number of ether oxygens (including phenoxy) is 4. The van der Waals surface area contributed by atoms with Gasteiger partial charge in [0.15, 0.2) is 12.2 Å². The van der Waals surface area contributed by atoms with Crippen molar-refractivity contribution in [3.63, 3.8) is 0 Å². The molecular formula is C14H16N2O6. The highest BCUT2D eigenvalue weighted by atomic mass is 16.6. The van der Waals surface area contributed by atoms with E-state index in [1.807, 2.05) is 0 Å². The van der Waals surface area contributed by atoms with Gasteiger partial charge >= 0.3 is 12.2 Å². The smallest absolute Gasteiger partial charge is 0.407 e. The number of rotatable bonds is 6. The van der Waals surface area contributed by atoms with Crippen LogP contribution in [-0.4, -0.2) is 50.7 Å². The number of carbonyl (C=O) groups is 2. The van der Waals surface area contributed by atoms with Gasteiger partial charge in [-0.15, -0.1) is 0 Å². The molecule has 2 fully saturated rings. The number of carbonyl (C=O) groups excluding carboxylic acids is 2. The van der Waals surface area contributed by atoms with Crippen molar-refractivity contribution in [3.05, 3.63) is 24.3 Å². The van der Waals surface area contributed by atoms with Crippen LogP contribution in [0.4, 0.5) is 9.59 Å². The maximum atomic E-state index is 10.9. The van der Waals surface area contributed by atoms with Crippen molar-refractivity contribution in [1.82, 2.24) is 10.6 Å². The Kier molecular flexibility index (Phi) is 4.17. The average molecular weight is 308 g/mol. The molecule has 0 radical (unpaired) electrons. The molecule has 118 valence electrons. The van der Waals surface area contributed by atoms with Crippen LogP contribution < -0.4 is 20.1 Å². The molecule has 2 aliphatic heterocycles. The largest absolute Gasteiger partial charge is 0.490 e. The normalized spacial score (nSPS) is 23.3. The molecule has 2 atom stereocenters. The fraction of sp³-hybridized carbons (Fsp3) is 0.429. The second-order valence-electron chi connectivity index (χ2n) is 4.91. The van der Waals surface area contributed by atoms with Gasteiger partial charge in [-0.3, -0.25) is 0 Å². The molecule has 0 bridgehead atoms. The number of cyclic esters (lactones) is 2. The molecule has 0 aliphatic carbocycles. The van der Waals surface area contributed by atoms with Crippen molar-refractivity contribution in [1.29, 1.82) is 0 Å². The van der Waals surface area contributed by atoms with Crippen LogP contribution >= 0.6 is 0 Å². The fourth-order valence-corrected chi connectivity index (χ4v) is 2.06. The molecule has 2 aliphatic rings. The summed E-state index contributed by atoms with van der Waals surface area (Å²) in [6, 6.07) is 7.05. The van der Waals surface area contributed by atoms with E-state index >= 15 is 0 Å². The molecule has 2 saturated heterocycles. The van der Waals surface area contributed by atoms with Crippen LogP contribution in [0.2, 0.25) is 0 Å². The third-order valence-electron chi connectivity index (χ3n) is 3.19. The minimum atomic E-state index is -0.417. The van der Waals surface area contributed by atoms with Gasteiger partial charge in [-0.2, -0.15) is 0 Å². The zero-order valence-corrected chi connectivity index (χ0v) is 11.7. The monoisotopic (exact) mass is 308 g/mol. The van der Waals surface area contributed by atoms with E-state index in [9.17, 15) is 9.59 Å². The minimum absolute atomic E-state index is 0.270. The van der Waals surface area contributed by atoms with Crippen LogP contribution in [0.1, 0.15) is 0 Å². The molecule has 22 heavy (non-hydrogen) atoms. The van der Waals surface area contributed by atoms with E-state index in [1.54, 1.807) is 24.3 Å². The lowest BCUT2D eigenvalue weighted by Gasteiger charge is -2.12. The summed E-state index contributed by atoms with van der Waals surface area (Å²) in [7, 11) is 0. The lowest BCUT2D eigenvalue weighted by molar-refractivity contribution is 0.103. The van der Waals surface area contributed by atoms with Gasteiger partial charge in [0, 0.05) is 0 Å². The van der Waals surface area contributed by atoms with Gasteiger partial charge in [0.25, 0.3) is 0 Å². The first-order chi connectivity index (χ1) is 10.7. The Hall–Kier alpha value is -2.64. The third-order valence-corrected chi connectivity index (χ3v) is 3.19. The first-order valence-corrected chi connectivity index (χ1v) is 6.93. The molecule has 1 aromatic rings. The lowest BCUT2D eigenvalue weighted by Crippen LogP contribution is -2.22. The SMILES string of the molecule is O=C1NC[C@H](COc2ccc(OC[C@@H]3CNC(=O)O3)cc2)O1. The molecule has 2 amide bonds. The maximum absolute atomic E-state index is 10.9. The fourth-order valence-electron chi connectivity index (χ4n) is 2.06. The Morgan fingerprint density at radius 1 is 0.864 bits per heavy atom. The van der Waals surface area contributed by atoms with Crippen LogP contribution in [-0.2, 0) is 9.47 Å². The summed E-state index contributed by atoms with van der Waals surface area (Å²) in [5.41, 5.74) is 0. The van der Waals surface area contributed by atoms with Gasteiger partial charge in [-0.1, -0.05) is 0 Å². The molecule has 0 spiro atoms. The first-order valence-electron chi connectivity index (χ1n) is 6.93. The van der Waals surface area contributed by atoms with Crippen LogP contribution in [0.15, 0.2) is 24.3 Å². The standard InChI is InChI=1S/C14H16N2O6/c17-13-15-5-11(21-13)7-19-9-1-2-10(4-3-9)20-8-12-6-16-14(18)22-12/h1-4,11-12H,5-8H2,(H,15,17)(H,16,18)/t11-,12+. The quantitative estimate of drug-likeness (QED) is 0.801. The Morgan fingerprint density at radius 2 is 1.27 bits per heavy atom. The molecule has 3 rings (SSSR count). The summed E-state index contributed by atoms with van der Waals surface area (Å²) in [4.78, 5) is 21.7. The second-order valence-corrected chi connectivity index (χ2v) is 4.91. The molecule has 0 saturated carbocycles. The highest BCUT2D eigenvalue weighted by molar-refractivity contribution is 5.69. The number of alkyl carbamates (subject to hydrolysis) is 2. The molecule has 2 heterocycles. The van der Waals surface area contributed by atoms with Crippen molar-refractivity contribution >= 4 is 12.2 Å². The van der Waals surface area contributed by atoms with Gasteiger partial charge in [0.2, 0.25) is 0 Å². The summed E-state index contributed by atoms with van der Waals surface area (Å²) in [5.74, 6) is 1.31. The summed E-state index contributed by atoms with van der Waals surface area (Å²) in [5, 5.41) is 5.12. The van der Waals surface area contributed by atoms with E-state index in [2.05, 4.69) is 10.6 Å². The molecule has 2 N–H and O–H groups in total. The first kappa shape index (κ1) is 14.3. The third kappa shape index (κ3) is 3.72. The van der Waals surface area contributed by atoms with Crippen molar-refractivity contribution < 1.29 is 28.5 Å². The number of benzene rings is 1. The van der Waals surface area contributed by atoms with Crippen molar-refractivity contribution in [2.75, 3.05) is 26.3 Å². The highest BCUT2D eigenvalue weighted by Gasteiger charge is 2.23. The number of hydrogen-bond donors (Lipinski definition) is 2. The minimum Gasteiger partial charge on any atom is -0.490 e. The van der Waals surface area contributed by atoms with Gasteiger partial charge in [0.05, 0.1) is 13.1 Å². The molecular weight excluding hydrogens is 292 g/mol. The van der Waals surface area contributed by atoms with Gasteiger partial charge in [-0.25, -0.2) is 9.59 Å². The predicted molar refractivity (Wildman–Crippen MR) is 74.0 cm³/mol. The number of amides is 2. The summed E-state index contributed by atoms with van der Waals surface area (Å²) >= 11 is 0. The molecule has 0 aromatic heterocycles. The van der Waals surface area contributed by atoms with Crippen molar-refractivity contribution in [3.8, 4) is 11.5 Å². The van der Waals surface area contributed by atoms with Crippen LogP contribution in [0.3, 0.4) is 0 Å². The van der Waals surface area contributed by atoms with Gasteiger partial charge < -0.3 is 29.6 Å². The Morgan fingerprint density at radius 3 is 1.59 bits per heavy atom. The van der Waals surface area contributed by atoms with Crippen LogP contribution in [0.25, 0.3) is 0 Å².